The van der Waals surface area contributed by atoms with Gasteiger partial charge in [-0.2, -0.15) is 0 Å². The zero-order valence-electron chi connectivity index (χ0n) is 9.94. The summed E-state index contributed by atoms with van der Waals surface area (Å²) in [7, 11) is 3.54. The van der Waals surface area contributed by atoms with E-state index in [-0.39, 0.29) is 18.1 Å². The molecule has 1 aliphatic heterocycles. The lowest BCUT2D eigenvalue weighted by Gasteiger charge is -2.37. The van der Waals surface area contributed by atoms with E-state index in [1.54, 1.807) is 19.0 Å². The maximum Gasteiger partial charge on any atom is 0.236 e. The Balaban J connectivity index is 2.53. The third-order valence-electron chi connectivity index (χ3n) is 3.06. The molecule has 1 fully saturated rings. The van der Waals surface area contributed by atoms with Crippen molar-refractivity contribution in [3.05, 3.63) is 0 Å². The second-order valence-corrected chi connectivity index (χ2v) is 4.56. The number of likely N-dealkylation sites (N-methyl/N-ethyl adjacent to an activating group) is 1. The van der Waals surface area contributed by atoms with Gasteiger partial charge in [0.15, 0.2) is 0 Å². The molecule has 1 saturated heterocycles. The summed E-state index contributed by atoms with van der Waals surface area (Å²) in [5, 5.41) is 9.63. The van der Waals surface area contributed by atoms with E-state index in [0.29, 0.717) is 6.54 Å². The van der Waals surface area contributed by atoms with Crippen molar-refractivity contribution in [1.29, 1.82) is 0 Å². The third-order valence-corrected chi connectivity index (χ3v) is 3.06. The number of carbonyl (C=O) groups is 1. The zero-order valence-corrected chi connectivity index (χ0v) is 9.94. The number of hydrogen-bond donors (Lipinski definition) is 1. The van der Waals surface area contributed by atoms with Gasteiger partial charge in [-0.05, 0) is 26.3 Å². The van der Waals surface area contributed by atoms with Crippen LogP contribution < -0.4 is 0 Å². The lowest BCUT2D eigenvalue weighted by Crippen LogP contribution is -2.49. The number of rotatable bonds is 3. The highest BCUT2D eigenvalue weighted by molar-refractivity contribution is 5.77. The van der Waals surface area contributed by atoms with Crippen LogP contribution in [0.1, 0.15) is 26.2 Å². The van der Waals surface area contributed by atoms with E-state index in [1.807, 2.05) is 6.92 Å². The Morgan fingerprint density at radius 3 is 2.73 bits per heavy atom. The Kier molecular flexibility index (Phi) is 4.54. The van der Waals surface area contributed by atoms with E-state index in [0.717, 1.165) is 25.8 Å². The van der Waals surface area contributed by atoms with Crippen LogP contribution in [-0.2, 0) is 4.79 Å². The first kappa shape index (κ1) is 12.5. The van der Waals surface area contributed by atoms with Crippen molar-refractivity contribution in [3.8, 4) is 0 Å². The van der Waals surface area contributed by atoms with E-state index in [2.05, 4.69) is 4.90 Å². The molecule has 1 rings (SSSR count). The first-order valence-corrected chi connectivity index (χ1v) is 5.64. The largest absolute Gasteiger partial charge is 0.392 e. The monoisotopic (exact) mass is 214 g/mol. The van der Waals surface area contributed by atoms with Crippen molar-refractivity contribution in [3.63, 3.8) is 0 Å². The molecule has 1 aliphatic rings. The quantitative estimate of drug-likeness (QED) is 0.735. The molecule has 4 nitrogen and oxygen atoms in total. The first-order chi connectivity index (χ1) is 7.02. The van der Waals surface area contributed by atoms with Gasteiger partial charge in [-0.3, -0.25) is 9.69 Å². The average Bonchev–Trinajstić information content (AvgIpc) is 2.18. The maximum absolute atomic E-state index is 11.6. The Morgan fingerprint density at radius 2 is 2.20 bits per heavy atom. The number of aliphatic hydroxyl groups is 1. The molecular weight excluding hydrogens is 192 g/mol. The average molecular weight is 214 g/mol. The molecule has 0 aromatic carbocycles. The highest BCUT2D eigenvalue weighted by atomic mass is 16.3. The fourth-order valence-corrected chi connectivity index (χ4v) is 2.07. The molecule has 0 radical (unpaired) electrons. The van der Waals surface area contributed by atoms with Crippen LogP contribution >= 0.6 is 0 Å². The van der Waals surface area contributed by atoms with Crippen LogP contribution in [-0.4, -0.2) is 60.1 Å². The molecule has 1 N–H and O–H groups in total. The summed E-state index contributed by atoms with van der Waals surface area (Å²) in [5.41, 5.74) is 0. The normalized spacial score (nSPS) is 24.9. The molecule has 1 amide bonds. The number of amides is 1. The van der Waals surface area contributed by atoms with Gasteiger partial charge < -0.3 is 10.0 Å². The molecule has 0 bridgehead atoms. The molecule has 2 unspecified atom stereocenters. The minimum Gasteiger partial charge on any atom is -0.392 e. The number of likely N-dealkylation sites (tertiary alicyclic amines) is 1. The van der Waals surface area contributed by atoms with Gasteiger partial charge in [-0.1, -0.05) is 6.42 Å². The van der Waals surface area contributed by atoms with E-state index in [9.17, 15) is 9.90 Å². The van der Waals surface area contributed by atoms with Crippen molar-refractivity contribution in [2.45, 2.75) is 38.3 Å². The third kappa shape index (κ3) is 3.47. The maximum atomic E-state index is 11.6. The van der Waals surface area contributed by atoms with E-state index < -0.39 is 0 Å². The van der Waals surface area contributed by atoms with Gasteiger partial charge in [0.05, 0.1) is 12.6 Å². The van der Waals surface area contributed by atoms with E-state index in [1.165, 1.54) is 0 Å². The fraction of sp³-hybridized carbons (Fsp3) is 0.909. The molecule has 4 heteroatoms. The number of hydrogen-bond acceptors (Lipinski definition) is 3. The topological polar surface area (TPSA) is 43.8 Å². The van der Waals surface area contributed by atoms with Crippen LogP contribution in [0.3, 0.4) is 0 Å². The molecule has 0 spiro atoms. The highest BCUT2D eigenvalue weighted by Crippen LogP contribution is 2.19. The standard InChI is InChI=1S/C11H22N2O2/c1-9(14)10-6-4-5-7-13(10)8-11(15)12(2)3/h9-10,14H,4-8H2,1-3H3. The van der Waals surface area contributed by atoms with Crippen LogP contribution in [0.2, 0.25) is 0 Å². The van der Waals surface area contributed by atoms with Gasteiger partial charge in [0.25, 0.3) is 0 Å². The summed E-state index contributed by atoms with van der Waals surface area (Å²) in [6, 6.07) is 0.155. The van der Waals surface area contributed by atoms with Gasteiger partial charge in [0, 0.05) is 20.1 Å². The number of piperidine rings is 1. The van der Waals surface area contributed by atoms with Crippen molar-refractivity contribution in [1.82, 2.24) is 9.80 Å². The van der Waals surface area contributed by atoms with Crippen LogP contribution in [0.5, 0.6) is 0 Å². The highest BCUT2D eigenvalue weighted by Gasteiger charge is 2.27. The van der Waals surface area contributed by atoms with Crippen molar-refractivity contribution in [2.24, 2.45) is 0 Å². The molecule has 2 atom stereocenters. The van der Waals surface area contributed by atoms with E-state index in [4.69, 9.17) is 0 Å². The van der Waals surface area contributed by atoms with Crippen LogP contribution in [0, 0.1) is 0 Å². The summed E-state index contributed by atoms with van der Waals surface area (Å²) in [5.74, 6) is 0.113. The van der Waals surface area contributed by atoms with Crippen LogP contribution in [0.4, 0.5) is 0 Å². The minimum absolute atomic E-state index is 0.113. The number of nitrogens with zero attached hydrogens (tertiary/aromatic N) is 2. The summed E-state index contributed by atoms with van der Waals surface area (Å²) in [4.78, 5) is 15.3. The summed E-state index contributed by atoms with van der Waals surface area (Å²) < 4.78 is 0. The number of carbonyl (C=O) groups excluding carboxylic acids is 1. The zero-order chi connectivity index (χ0) is 11.4. The Bertz CT molecular complexity index is 217. The predicted octanol–water partition coefficient (Wildman–Crippen LogP) is 0.310. The Morgan fingerprint density at radius 1 is 1.53 bits per heavy atom. The van der Waals surface area contributed by atoms with Crippen molar-refractivity contribution >= 4 is 5.91 Å². The predicted molar refractivity (Wildman–Crippen MR) is 59.6 cm³/mol. The lowest BCUT2D eigenvalue weighted by molar-refractivity contribution is -0.131. The lowest BCUT2D eigenvalue weighted by atomic mass is 9.98. The number of aliphatic hydroxyl groups excluding tert-OH is 1. The molecule has 0 aromatic rings. The molecule has 0 saturated carbocycles. The smallest absolute Gasteiger partial charge is 0.236 e. The van der Waals surface area contributed by atoms with Gasteiger partial charge in [-0.25, -0.2) is 0 Å². The molecule has 1 heterocycles. The Labute approximate surface area is 91.9 Å². The van der Waals surface area contributed by atoms with Gasteiger partial charge in [0.2, 0.25) is 5.91 Å². The van der Waals surface area contributed by atoms with Gasteiger partial charge >= 0.3 is 0 Å². The van der Waals surface area contributed by atoms with Crippen molar-refractivity contribution in [2.75, 3.05) is 27.2 Å². The SMILES string of the molecule is CC(O)C1CCCCN1CC(=O)N(C)C. The van der Waals surface area contributed by atoms with E-state index >= 15 is 0 Å². The molecule has 88 valence electrons. The molecule has 0 aromatic heterocycles. The molecule has 15 heavy (non-hydrogen) atoms. The summed E-state index contributed by atoms with van der Waals surface area (Å²) >= 11 is 0. The second kappa shape index (κ2) is 5.47. The first-order valence-electron chi connectivity index (χ1n) is 5.64. The molecular formula is C11H22N2O2. The van der Waals surface area contributed by atoms with Crippen LogP contribution in [0.25, 0.3) is 0 Å². The van der Waals surface area contributed by atoms with Crippen LogP contribution in [0.15, 0.2) is 0 Å². The summed E-state index contributed by atoms with van der Waals surface area (Å²) in [6.45, 7) is 3.17. The minimum atomic E-state index is -0.347. The summed E-state index contributed by atoms with van der Waals surface area (Å²) in [6.07, 6.45) is 2.94. The van der Waals surface area contributed by atoms with Gasteiger partial charge in [-0.15, -0.1) is 0 Å². The van der Waals surface area contributed by atoms with Gasteiger partial charge in [0.1, 0.15) is 0 Å². The fourth-order valence-electron chi connectivity index (χ4n) is 2.07. The second-order valence-electron chi connectivity index (χ2n) is 4.56. The van der Waals surface area contributed by atoms with Crippen molar-refractivity contribution < 1.29 is 9.90 Å². The Hall–Kier alpha value is -0.610. The molecule has 0 aliphatic carbocycles.